The number of para-hydroxylation sites is 1. The summed E-state index contributed by atoms with van der Waals surface area (Å²) in [6, 6.07) is 7.71. The molecule has 8 heteroatoms. The van der Waals surface area contributed by atoms with E-state index < -0.39 is 0 Å². The van der Waals surface area contributed by atoms with Crippen LogP contribution in [0, 0.1) is 0 Å². The zero-order valence-corrected chi connectivity index (χ0v) is 15.2. The van der Waals surface area contributed by atoms with Crippen molar-refractivity contribution in [2.75, 3.05) is 45.6 Å². The second-order valence-corrected chi connectivity index (χ2v) is 6.63. The van der Waals surface area contributed by atoms with E-state index in [1.807, 2.05) is 29.2 Å². The summed E-state index contributed by atoms with van der Waals surface area (Å²) in [5, 5.41) is 3.34. The highest BCUT2D eigenvalue weighted by atomic mass is 35.5. The average Bonchev–Trinajstić information content (AvgIpc) is 2.99. The van der Waals surface area contributed by atoms with E-state index in [1.54, 1.807) is 12.0 Å². The molecule has 1 N–H and O–H groups in total. The Labute approximate surface area is 152 Å². The second kappa shape index (κ2) is 8.60. The number of carbonyl (C=O) groups is 2. The summed E-state index contributed by atoms with van der Waals surface area (Å²) in [6.45, 7) is 2.91. The first-order valence-electron chi connectivity index (χ1n) is 7.75. The van der Waals surface area contributed by atoms with Crippen LogP contribution in [-0.4, -0.2) is 66.5 Å². The highest BCUT2D eigenvalue weighted by molar-refractivity contribution is 8.13. The van der Waals surface area contributed by atoms with Gasteiger partial charge in [-0.05, 0) is 6.07 Å². The smallest absolute Gasteiger partial charge is 0.282 e. The third-order valence-electron chi connectivity index (χ3n) is 4.23. The number of nitrogens with one attached hydrogen (secondary N) is 1. The highest BCUT2D eigenvalue weighted by Gasteiger charge is 2.32. The van der Waals surface area contributed by atoms with Gasteiger partial charge in [0, 0.05) is 37.5 Å². The molecular weight excluding hydrogens is 350 g/mol. The minimum absolute atomic E-state index is 0. The van der Waals surface area contributed by atoms with E-state index in [1.165, 1.54) is 11.8 Å². The number of amides is 2. The number of piperazine rings is 1. The van der Waals surface area contributed by atoms with Crippen LogP contribution in [0.25, 0.3) is 0 Å². The monoisotopic (exact) mass is 371 g/mol. The molecule has 0 bridgehead atoms. The number of carbonyl (C=O) groups excluding carboxylic acids is 2. The standard InChI is InChI=1S/C16H21N3O3S.ClH/c1-22-14-5-3-2-4-12(14)13-10-17-6-7-19(13)15(20)11-18-8-9-23-16(18)21;/h2-5,13,17H,6-11H2,1H3;1H. The SMILES string of the molecule is COc1ccccc1C1CNCCN1C(=O)CN1CCSC1=O.Cl. The van der Waals surface area contributed by atoms with Crippen LogP contribution >= 0.6 is 24.2 Å². The molecule has 1 aromatic rings. The van der Waals surface area contributed by atoms with Crippen molar-refractivity contribution in [3.8, 4) is 5.75 Å². The van der Waals surface area contributed by atoms with E-state index in [4.69, 9.17) is 4.74 Å². The lowest BCUT2D eigenvalue weighted by molar-refractivity contribution is -0.135. The van der Waals surface area contributed by atoms with Crippen molar-refractivity contribution in [3.05, 3.63) is 29.8 Å². The van der Waals surface area contributed by atoms with Gasteiger partial charge >= 0.3 is 0 Å². The van der Waals surface area contributed by atoms with Crippen LogP contribution in [0.5, 0.6) is 5.75 Å². The molecule has 2 saturated heterocycles. The molecule has 2 aliphatic heterocycles. The quantitative estimate of drug-likeness (QED) is 0.873. The number of hydrogen-bond acceptors (Lipinski definition) is 5. The number of rotatable bonds is 4. The number of benzene rings is 1. The topological polar surface area (TPSA) is 61.9 Å². The van der Waals surface area contributed by atoms with Crippen molar-refractivity contribution in [2.45, 2.75) is 6.04 Å². The molecule has 3 rings (SSSR count). The van der Waals surface area contributed by atoms with Crippen molar-refractivity contribution in [3.63, 3.8) is 0 Å². The minimum atomic E-state index is -0.0715. The number of thioether (sulfide) groups is 1. The predicted molar refractivity (Wildman–Crippen MR) is 97.0 cm³/mol. The van der Waals surface area contributed by atoms with Gasteiger partial charge < -0.3 is 19.9 Å². The van der Waals surface area contributed by atoms with Crippen molar-refractivity contribution in [2.24, 2.45) is 0 Å². The molecule has 1 aromatic carbocycles. The Kier molecular flexibility index (Phi) is 6.77. The molecule has 1 unspecified atom stereocenters. The van der Waals surface area contributed by atoms with Crippen LogP contribution < -0.4 is 10.1 Å². The van der Waals surface area contributed by atoms with Crippen LogP contribution in [0.1, 0.15) is 11.6 Å². The fourth-order valence-corrected chi connectivity index (χ4v) is 3.87. The maximum absolute atomic E-state index is 12.7. The third kappa shape index (κ3) is 3.96. The summed E-state index contributed by atoms with van der Waals surface area (Å²) in [4.78, 5) is 28.0. The fourth-order valence-electron chi connectivity index (χ4n) is 3.05. The van der Waals surface area contributed by atoms with Gasteiger partial charge in [0.1, 0.15) is 12.3 Å². The number of ether oxygens (including phenoxy) is 1. The summed E-state index contributed by atoms with van der Waals surface area (Å²) >= 11 is 1.28. The van der Waals surface area contributed by atoms with Gasteiger partial charge in [0.2, 0.25) is 5.91 Å². The Hall–Kier alpha value is -1.44. The van der Waals surface area contributed by atoms with E-state index >= 15 is 0 Å². The molecule has 132 valence electrons. The largest absolute Gasteiger partial charge is 0.496 e. The number of hydrogen-bond donors (Lipinski definition) is 1. The number of nitrogens with zero attached hydrogens (tertiary/aromatic N) is 2. The maximum Gasteiger partial charge on any atom is 0.282 e. The molecule has 2 fully saturated rings. The molecule has 0 spiro atoms. The van der Waals surface area contributed by atoms with E-state index in [9.17, 15) is 9.59 Å². The van der Waals surface area contributed by atoms with Crippen molar-refractivity contribution in [1.82, 2.24) is 15.1 Å². The molecule has 24 heavy (non-hydrogen) atoms. The first kappa shape index (κ1) is 18.9. The molecular formula is C16H22ClN3O3S. The summed E-state index contributed by atoms with van der Waals surface area (Å²) in [6.07, 6.45) is 0. The summed E-state index contributed by atoms with van der Waals surface area (Å²) in [5.74, 6) is 1.55. The molecule has 2 aliphatic rings. The lowest BCUT2D eigenvalue weighted by Crippen LogP contribution is -2.51. The second-order valence-electron chi connectivity index (χ2n) is 5.58. The van der Waals surface area contributed by atoms with Crippen LogP contribution in [-0.2, 0) is 4.79 Å². The van der Waals surface area contributed by atoms with Gasteiger partial charge in [0.05, 0.1) is 13.2 Å². The van der Waals surface area contributed by atoms with E-state index in [0.29, 0.717) is 19.6 Å². The van der Waals surface area contributed by atoms with Gasteiger partial charge in [0.25, 0.3) is 5.24 Å². The third-order valence-corrected chi connectivity index (χ3v) is 5.12. The molecule has 1 atom stereocenters. The van der Waals surface area contributed by atoms with Crippen LogP contribution in [0.4, 0.5) is 4.79 Å². The Morgan fingerprint density at radius 1 is 1.38 bits per heavy atom. The number of methoxy groups -OCH3 is 1. The maximum atomic E-state index is 12.7. The zero-order valence-electron chi connectivity index (χ0n) is 13.6. The van der Waals surface area contributed by atoms with Gasteiger partial charge in [-0.1, -0.05) is 30.0 Å². The van der Waals surface area contributed by atoms with Crippen LogP contribution in [0.2, 0.25) is 0 Å². The Balaban J connectivity index is 0.00000208. The fraction of sp³-hybridized carbons (Fsp3) is 0.500. The summed E-state index contributed by atoms with van der Waals surface area (Å²) < 4.78 is 5.44. The summed E-state index contributed by atoms with van der Waals surface area (Å²) in [7, 11) is 1.64. The van der Waals surface area contributed by atoms with Crippen LogP contribution in [0.3, 0.4) is 0 Å². The Bertz CT molecular complexity index is 602. The number of halogens is 1. The lowest BCUT2D eigenvalue weighted by atomic mass is 10.0. The molecule has 0 radical (unpaired) electrons. The first-order chi connectivity index (χ1) is 11.2. The van der Waals surface area contributed by atoms with Gasteiger partial charge in [-0.15, -0.1) is 12.4 Å². The first-order valence-corrected chi connectivity index (χ1v) is 8.74. The molecule has 0 aliphatic carbocycles. The van der Waals surface area contributed by atoms with Gasteiger partial charge in [-0.3, -0.25) is 9.59 Å². The zero-order chi connectivity index (χ0) is 16.2. The van der Waals surface area contributed by atoms with Gasteiger partial charge in [0.15, 0.2) is 0 Å². The van der Waals surface area contributed by atoms with E-state index in [0.717, 1.165) is 23.6 Å². The highest BCUT2D eigenvalue weighted by Crippen LogP contribution is 2.30. The predicted octanol–water partition coefficient (Wildman–Crippen LogP) is 1.76. The molecule has 6 nitrogen and oxygen atoms in total. The van der Waals surface area contributed by atoms with Gasteiger partial charge in [-0.25, -0.2) is 0 Å². The van der Waals surface area contributed by atoms with Crippen molar-refractivity contribution in [1.29, 1.82) is 0 Å². The van der Waals surface area contributed by atoms with E-state index in [-0.39, 0.29) is 36.1 Å². The Morgan fingerprint density at radius 2 is 2.17 bits per heavy atom. The van der Waals surface area contributed by atoms with E-state index in [2.05, 4.69) is 5.32 Å². The van der Waals surface area contributed by atoms with Crippen molar-refractivity contribution < 1.29 is 14.3 Å². The summed E-state index contributed by atoms with van der Waals surface area (Å²) in [5.41, 5.74) is 0.998. The molecule has 2 heterocycles. The van der Waals surface area contributed by atoms with Gasteiger partial charge in [-0.2, -0.15) is 0 Å². The molecule has 2 amide bonds. The minimum Gasteiger partial charge on any atom is -0.496 e. The Morgan fingerprint density at radius 3 is 2.88 bits per heavy atom. The average molecular weight is 372 g/mol. The lowest BCUT2D eigenvalue weighted by Gasteiger charge is -2.37. The normalized spacial score (nSPS) is 20.7. The molecule has 0 aromatic heterocycles. The molecule has 0 saturated carbocycles. The van der Waals surface area contributed by atoms with Crippen molar-refractivity contribution >= 4 is 35.3 Å². The van der Waals surface area contributed by atoms with Crippen LogP contribution in [0.15, 0.2) is 24.3 Å².